The Balaban J connectivity index is 1.24. The fourth-order valence-corrected chi connectivity index (χ4v) is 3.61. The minimum atomic E-state index is 0.0401. The summed E-state index contributed by atoms with van der Waals surface area (Å²) in [5, 5.41) is 0. The van der Waals surface area contributed by atoms with Gasteiger partial charge in [0.05, 0.1) is 0 Å². The fourth-order valence-electron chi connectivity index (χ4n) is 3.24. The van der Waals surface area contributed by atoms with Gasteiger partial charge in [-0.2, -0.15) is 0 Å². The first-order valence-electron chi connectivity index (χ1n) is 8.99. The summed E-state index contributed by atoms with van der Waals surface area (Å²) in [4.78, 5) is 16.9. The minimum absolute atomic E-state index is 0.0401. The highest BCUT2D eigenvalue weighted by Gasteiger charge is 2.24. The number of nitrogens with zero attached hydrogens (tertiary/aromatic N) is 2. The van der Waals surface area contributed by atoms with Gasteiger partial charge in [0.25, 0.3) is 5.91 Å². The van der Waals surface area contributed by atoms with E-state index in [1.807, 2.05) is 29.2 Å². The van der Waals surface area contributed by atoms with Crippen molar-refractivity contribution >= 4 is 21.8 Å². The van der Waals surface area contributed by atoms with E-state index in [4.69, 9.17) is 14.2 Å². The second-order valence-corrected chi connectivity index (χ2v) is 7.42. The molecule has 0 unspecified atom stereocenters. The fraction of sp³-hybridized carbons (Fsp3) is 0.350. The molecule has 0 spiro atoms. The maximum absolute atomic E-state index is 12.7. The van der Waals surface area contributed by atoms with Gasteiger partial charge in [0.2, 0.25) is 6.79 Å². The van der Waals surface area contributed by atoms with Crippen LogP contribution in [0.3, 0.4) is 0 Å². The molecule has 6 nitrogen and oxygen atoms in total. The van der Waals surface area contributed by atoms with Crippen molar-refractivity contribution in [3.05, 3.63) is 52.5 Å². The third-order valence-electron chi connectivity index (χ3n) is 4.75. The molecule has 1 fully saturated rings. The van der Waals surface area contributed by atoms with E-state index >= 15 is 0 Å². The summed E-state index contributed by atoms with van der Waals surface area (Å²) in [7, 11) is 0. The average molecular weight is 433 g/mol. The smallest absolute Gasteiger partial charge is 0.254 e. The van der Waals surface area contributed by atoms with Crippen LogP contribution in [0.5, 0.6) is 17.2 Å². The van der Waals surface area contributed by atoms with E-state index in [1.165, 1.54) is 0 Å². The van der Waals surface area contributed by atoms with Crippen molar-refractivity contribution in [2.75, 3.05) is 46.1 Å². The second kappa shape index (κ2) is 8.19. The molecule has 0 N–H and O–H groups in total. The summed E-state index contributed by atoms with van der Waals surface area (Å²) in [6, 6.07) is 13.2. The molecule has 1 saturated heterocycles. The summed E-state index contributed by atoms with van der Waals surface area (Å²) < 4.78 is 17.5. The van der Waals surface area contributed by atoms with Gasteiger partial charge in [0, 0.05) is 42.8 Å². The Morgan fingerprint density at radius 3 is 2.67 bits per heavy atom. The topological polar surface area (TPSA) is 51.2 Å². The molecule has 0 radical (unpaired) electrons. The van der Waals surface area contributed by atoms with Crippen molar-refractivity contribution in [3.8, 4) is 17.2 Å². The van der Waals surface area contributed by atoms with E-state index in [1.54, 1.807) is 18.2 Å². The molecule has 0 aromatic heterocycles. The van der Waals surface area contributed by atoms with Crippen LogP contribution in [0.1, 0.15) is 10.4 Å². The van der Waals surface area contributed by atoms with Gasteiger partial charge < -0.3 is 19.1 Å². The van der Waals surface area contributed by atoms with Crippen LogP contribution < -0.4 is 14.2 Å². The van der Waals surface area contributed by atoms with Crippen LogP contribution in [-0.4, -0.2) is 61.8 Å². The lowest BCUT2D eigenvalue weighted by atomic mass is 10.1. The number of ether oxygens (including phenoxy) is 3. The van der Waals surface area contributed by atoms with Gasteiger partial charge in [-0.05, 0) is 36.4 Å². The number of rotatable bonds is 5. The average Bonchev–Trinajstić information content (AvgIpc) is 3.16. The number of benzene rings is 2. The van der Waals surface area contributed by atoms with Gasteiger partial charge in [-0.1, -0.05) is 22.0 Å². The Kier molecular flexibility index (Phi) is 5.50. The Labute approximate surface area is 166 Å². The Morgan fingerprint density at radius 2 is 1.85 bits per heavy atom. The van der Waals surface area contributed by atoms with E-state index in [0.29, 0.717) is 36.8 Å². The van der Waals surface area contributed by atoms with Gasteiger partial charge in [0.1, 0.15) is 12.4 Å². The van der Waals surface area contributed by atoms with Crippen molar-refractivity contribution in [1.82, 2.24) is 9.80 Å². The molecule has 142 valence electrons. The molecule has 0 atom stereocenters. The van der Waals surface area contributed by atoms with E-state index in [0.717, 1.165) is 29.9 Å². The molecule has 0 bridgehead atoms. The number of hydrogen-bond acceptors (Lipinski definition) is 5. The van der Waals surface area contributed by atoms with Crippen molar-refractivity contribution < 1.29 is 19.0 Å². The molecule has 2 aromatic rings. The molecule has 0 saturated carbocycles. The zero-order chi connectivity index (χ0) is 18.6. The third-order valence-corrected chi connectivity index (χ3v) is 5.24. The predicted octanol–water partition coefficient (Wildman–Crippen LogP) is 3.01. The van der Waals surface area contributed by atoms with Crippen molar-refractivity contribution in [1.29, 1.82) is 0 Å². The lowest BCUT2D eigenvalue weighted by molar-refractivity contribution is 0.0620. The van der Waals surface area contributed by atoms with Gasteiger partial charge in [-0.15, -0.1) is 0 Å². The summed E-state index contributed by atoms with van der Waals surface area (Å²) in [6.07, 6.45) is 0. The highest BCUT2D eigenvalue weighted by Crippen LogP contribution is 2.32. The SMILES string of the molecule is O=C(c1ccc2c(c1)OCO2)N1CCN(CCOc2cccc(Br)c2)CC1. The number of halogens is 1. The first-order valence-corrected chi connectivity index (χ1v) is 9.78. The minimum Gasteiger partial charge on any atom is -0.492 e. The monoisotopic (exact) mass is 432 g/mol. The van der Waals surface area contributed by atoms with Crippen LogP contribution in [0.15, 0.2) is 46.9 Å². The number of hydrogen-bond donors (Lipinski definition) is 0. The molecule has 0 aliphatic carbocycles. The van der Waals surface area contributed by atoms with Gasteiger partial charge in [-0.3, -0.25) is 9.69 Å². The molecule has 4 rings (SSSR count). The quantitative estimate of drug-likeness (QED) is 0.726. The zero-order valence-electron chi connectivity index (χ0n) is 14.9. The van der Waals surface area contributed by atoms with Gasteiger partial charge in [0.15, 0.2) is 11.5 Å². The van der Waals surface area contributed by atoms with Crippen molar-refractivity contribution in [2.45, 2.75) is 0 Å². The van der Waals surface area contributed by atoms with E-state index in [9.17, 15) is 4.79 Å². The van der Waals surface area contributed by atoms with Crippen LogP contribution in [0, 0.1) is 0 Å². The molecule has 2 aliphatic heterocycles. The summed E-state index contributed by atoms with van der Waals surface area (Å²) in [5.74, 6) is 2.24. The van der Waals surface area contributed by atoms with Gasteiger partial charge >= 0.3 is 0 Å². The Hall–Kier alpha value is -2.25. The summed E-state index contributed by atoms with van der Waals surface area (Å²) in [6.45, 7) is 4.81. The predicted molar refractivity (Wildman–Crippen MR) is 105 cm³/mol. The first kappa shape index (κ1) is 18.1. The molecule has 2 heterocycles. The lowest BCUT2D eigenvalue weighted by Gasteiger charge is -2.34. The number of carbonyl (C=O) groups excluding carboxylic acids is 1. The Bertz CT molecular complexity index is 821. The Morgan fingerprint density at radius 1 is 1.04 bits per heavy atom. The molecule has 2 aliphatic rings. The van der Waals surface area contributed by atoms with Crippen molar-refractivity contribution in [2.24, 2.45) is 0 Å². The molecular formula is C20H21BrN2O4. The van der Waals surface area contributed by atoms with E-state index < -0.39 is 0 Å². The lowest BCUT2D eigenvalue weighted by Crippen LogP contribution is -2.49. The summed E-state index contributed by atoms with van der Waals surface area (Å²) >= 11 is 3.44. The molecular weight excluding hydrogens is 412 g/mol. The largest absolute Gasteiger partial charge is 0.492 e. The zero-order valence-corrected chi connectivity index (χ0v) is 16.5. The van der Waals surface area contributed by atoms with Crippen LogP contribution in [-0.2, 0) is 0 Å². The maximum Gasteiger partial charge on any atom is 0.254 e. The van der Waals surface area contributed by atoms with Crippen LogP contribution in [0.4, 0.5) is 0 Å². The maximum atomic E-state index is 12.7. The number of fused-ring (bicyclic) bond motifs is 1. The van der Waals surface area contributed by atoms with Crippen LogP contribution in [0.2, 0.25) is 0 Å². The van der Waals surface area contributed by atoms with Crippen molar-refractivity contribution in [3.63, 3.8) is 0 Å². The van der Waals surface area contributed by atoms with E-state index in [2.05, 4.69) is 20.8 Å². The summed E-state index contributed by atoms with van der Waals surface area (Å²) in [5.41, 5.74) is 0.644. The standard InChI is InChI=1S/C20H21BrN2O4/c21-16-2-1-3-17(13-16)25-11-10-22-6-8-23(9-7-22)20(24)15-4-5-18-19(12-15)27-14-26-18/h1-5,12-13H,6-11,14H2. The normalized spacial score (nSPS) is 16.4. The number of carbonyl (C=O) groups is 1. The third kappa shape index (κ3) is 4.36. The second-order valence-electron chi connectivity index (χ2n) is 6.51. The highest BCUT2D eigenvalue weighted by atomic mass is 79.9. The number of amides is 1. The highest BCUT2D eigenvalue weighted by molar-refractivity contribution is 9.10. The molecule has 27 heavy (non-hydrogen) atoms. The first-order chi connectivity index (χ1) is 13.2. The number of piperazine rings is 1. The molecule has 2 aromatic carbocycles. The van der Waals surface area contributed by atoms with Crippen LogP contribution >= 0.6 is 15.9 Å². The van der Waals surface area contributed by atoms with Gasteiger partial charge in [-0.25, -0.2) is 0 Å². The molecule has 1 amide bonds. The van der Waals surface area contributed by atoms with E-state index in [-0.39, 0.29) is 12.7 Å². The molecule has 7 heteroatoms. The van der Waals surface area contributed by atoms with Crippen LogP contribution in [0.25, 0.3) is 0 Å².